The lowest BCUT2D eigenvalue weighted by Gasteiger charge is -2.13. The molecular formula is C21H31IN4O3S. The number of guanidine groups is 1. The van der Waals surface area contributed by atoms with Gasteiger partial charge in [-0.2, -0.15) is 0 Å². The predicted molar refractivity (Wildman–Crippen MR) is 133 cm³/mol. The molecule has 9 heteroatoms. The minimum Gasteiger partial charge on any atom is -0.496 e. The van der Waals surface area contributed by atoms with Gasteiger partial charge >= 0.3 is 0 Å². The van der Waals surface area contributed by atoms with Crippen molar-refractivity contribution in [1.82, 2.24) is 15.4 Å². The number of rotatable bonds is 10. The topological polar surface area (TPSA) is 91.8 Å². The Morgan fingerprint density at radius 2 is 1.73 bits per heavy atom. The Morgan fingerprint density at radius 3 is 2.40 bits per heavy atom. The first-order chi connectivity index (χ1) is 13.9. The monoisotopic (exact) mass is 546 g/mol. The van der Waals surface area contributed by atoms with Gasteiger partial charge in [0, 0.05) is 26.7 Å². The van der Waals surface area contributed by atoms with Gasteiger partial charge in [0.05, 0.1) is 12.9 Å². The summed E-state index contributed by atoms with van der Waals surface area (Å²) < 4.78 is 32.2. The van der Waals surface area contributed by atoms with Crippen molar-refractivity contribution in [2.75, 3.05) is 33.0 Å². The maximum absolute atomic E-state index is 12.1. The largest absolute Gasteiger partial charge is 0.496 e. The van der Waals surface area contributed by atoms with Crippen LogP contribution in [0.15, 0.2) is 53.5 Å². The first-order valence-electron chi connectivity index (χ1n) is 9.53. The van der Waals surface area contributed by atoms with Crippen LogP contribution in [0.4, 0.5) is 0 Å². The van der Waals surface area contributed by atoms with Crippen molar-refractivity contribution in [3.63, 3.8) is 0 Å². The summed E-state index contributed by atoms with van der Waals surface area (Å²) in [7, 11) is -0.0434. The average molecular weight is 546 g/mol. The third-order valence-electron chi connectivity index (χ3n) is 4.40. The highest BCUT2D eigenvalue weighted by Gasteiger charge is 2.10. The molecule has 2 rings (SSSR count). The number of aryl methyl sites for hydroxylation is 1. The van der Waals surface area contributed by atoms with E-state index in [1.165, 1.54) is 0 Å². The Morgan fingerprint density at radius 1 is 1.03 bits per heavy atom. The van der Waals surface area contributed by atoms with E-state index < -0.39 is 10.0 Å². The molecule has 0 saturated carbocycles. The third-order valence-corrected chi connectivity index (χ3v) is 5.73. The molecule has 0 aliphatic carbocycles. The molecule has 0 heterocycles. The lowest BCUT2D eigenvalue weighted by Crippen LogP contribution is -2.41. The van der Waals surface area contributed by atoms with Crippen molar-refractivity contribution in [1.29, 1.82) is 0 Å². The highest BCUT2D eigenvalue weighted by Crippen LogP contribution is 2.18. The molecule has 0 spiro atoms. The maximum Gasteiger partial charge on any atom is 0.213 e. The molecule has 30 heavy (non-hydrogen) atoms. The van der Waals surface area contributed by atoms with Crippen LogP contribution in [-0.2, 0) is 23.0 Å². The summed E-state index contributed by atoms with van der Waals surface area (Å²) in [6.07, 6.45) is 0.800. The Kier molecular flexibility index (Phi) is 11.7. The summed E-state index contributed by atoms with van der Waals surface area (Å²) in [5.41, 5.74) is 3.18. The number of halogens is 1. The van der Waals surface area contributed by atoms with Crippen LogP contribution < -0.4 is 20.1 Å². The molecule has 0 fully saturated rings. The van der Waals surface area contributed by atoms with Gasteiger partial charge in [0.15, 0.2) is 5.96 Å². The summed E-state index contributed by atoms with van der Waals surface area (Å²) in [6, 6.07) is 15.6. The lowest BCUT2D eigenvalue weighted by atomic mass is 10.1. The zero-order valence-corrected chi connectivity index (χ0v) is 20.8. The average Bonchev–Trinajstić information content (AvgIpc) is 2.73. The minimum absolute atomic E-state index is 0. The molecular weight excluding hydrogens is 515 g/mol. The molecule has 0 saturated heterocycles. The van der Waals surface area contributed by atoms with Crippen LogP contribution in [0.5, 0.6) is 5.75 Å². The van der Waals surface area contributed by atoms with E-state index in [2.05, 4.69) is 26.4 Å². The van der Waals surface area contributed by atoms with Gasteiger partial charge in [-0.15, -0.1) is 24.0 Å². The van der Waals surface area contributed by atoms with E-state index in [1.807, 2.05) is 49.4 Å². The number of methoxy groups -OCH3 is 1. The smallest absolute Gasteiger partial charge is 0.213 e. The number of ether oxygens (including phenoxy) is 1. The fourth-order valence-corrected chi connectivity index (χ4v) is 3.63. The van der Waals surface area contributed by atoms with E-state index in [0.717, 1.165) is 28.9 Å². The van der Waals surface area contributed by atoms with Crippen molar-refractivity contribution in [2.45, 2.75) is 19.9 Å². The van der Waals surface area contributed by atoms with Gasteiger partial charge in [-0.05, 0) is 36.1 Å². The molecule has 0 radical (unpaired) electrons. The lowest BCUT2D eigenvalue weighted by molar-refractivity contribution is 0.411. The van der Waals surface area contributed by atoms with Crippen molar-refractivity contribution in [2.24, 2.45) is 4.99 Å². The molecule has 0 aliphatic rings. The van der Waals surface area contributed by atoms with Gasteiger partial charge in [0.25, 0.3) is 0 Å². The summed E-state index contributed by atoms with van der Waals surface area (Å²) in [6.45, 7) is 3.23. The summed E-state index contributed by atoms with van der Waals surface area (Å²) in [5.74, 6) is 1.41. The second-order valence-electron chi connectivity index (χ2n) is 6.61. The molecule has 0 bridgehead atoms. The molecule has 0 aliphatic heterocycles. The first kappa shape index (κ1) is 26.2. The maximum atomic E-state index is 12.1. The molecule has 3 N–H and O–H groups in total. The summed E-state index contributed by atoms with van der Waals surface area (Å²) in [4.78, 5) is 4.13. The number of sulfonamides is 1. The van der Waals surface area contributed by atoms with E-state index in [-0.39, 0.29) is 42.8 Å². The van der Waals surface area contributed by atoms with Crippen LogP contribution in [0.1, 0.15) is 16.7 Å². The van der Waals surface area contributed by atoms with Gasteiger partial charge in [0.2, 0.25) is 10.0 Å². The SMILES string of the molecule is CN=C(NCCc1ccc(C)c(OC)c1)NCCS(=O)(=O)NCc1ccccc1.I. The Balaban J connectivity index is 0.00000450. The Hall–Kier alpha value is -1.85. The second kappa shape index (κ2) is 13.5. The van der Waals surface area contributed by atoms with Crippen molar-refractivity contribution < 1.29 is 13.2 Å². The van der Waals surface area contributed by atoms with Gasteiger partial charge in [-0.1, -0.05) is 42.5 Å². The third kappa shape index (κ3) is 9.31. The van der Waals surface area contributed by atoms with E-state index in [9.17, 15) is 8.42 Å². The number of benzene rings is 2. The number of aliphatic imine (C=N–C) groups is 1. The standard InChI is InChI=1S/C21H30N4O3S.HI/c1-17-9-10-18(15-20(17)28-3)11-12-23-21(22-2)24-13-14-29(26,27)25-16-19-7-5-4-6-8-19;/h4-10,15,25H,11-14,16H2,1-3H3,(H2,22,23,24);1H. The minimum atomic E-state index is -3.37. The van der Waals surface area contributed by atoms with Crippen LogP contribution in [0, 0.1) is 6.92 Å². The van der Waals surface area contributed by atoms with Gasteiger partial charge in [0.1, 0.15) is 5.75 Å². The summed E-state index contributed by atoms with van der Waals surface area (Å²) in [5, 5.41) is 6.23. The molecule has 0 aromatic heterocycles. The van der Waals surface area contributed by atoms with E-state index in [0.29, 0.717) is 12.5 Å². The van der Waals surface area contributed by atoms with Crippen LogP contribution in [0.25, 0.3) is 0 Å². The van der Waals surface area contributed by atoms with Crippen LogP contribution in [-0.4, -0.2) is 47.4 Å². The molecule has 0 unspecified atom stereocenters. The summed E-state index contributed by atoms with van der Waals surface area (Å²) >= 11 is 0. The quantitative estimate of drug-likeness (QED) is 0.242. The molecule has 0 amide bonds. The fourth-order valence-electron chi connectivity index (χ4n) is 2.73. The molecule has 7 nitrogen and oxygen atoms in total. The zero-order valence-electron chi connectivity index (χ0n) is 17.6. The second-order valence-corrected chi connectivity index (χ2v) is 8.53. The number of hydrogen-bond donors (Lipinski definition) is 3. The number of nitrogens with one attached hydrogen (secondary N) is 3. The van der Waals surface area contributed by atoms with Crippen molar-refractivity contribution in [3.05, 3.63) is 65.2 Å². The highest BCUT2D eigenvalue weighted by atomic mass is 127. The molecule has 2 aromatic carbocycles. The zero-order chi connectivity index (χ0) is 21.1. The van der Waals surface area contributed by atoms with E-state index >= 15 is 0 Å². The van der Waals surface area contributed by atoms with Gasteiger partial charge in [-0.25, -0.2) is 13.1 Å². The predicted octanol–water partition coefficient (Wildman–Crippen LogP) is 2.45. The first-order valence-corrected chi connectivity index (χ1v) is 11.2. The van der Waals surface area contributed by atoms with Crippen molar-refractivity contribution in [3.8, 4) is 5.75 Å². The van der Waals surface area contributed by atoms with Crippen LogP contribution in [0.3, 0.4) is 0 Å². The fraction of sp³-hybridized carbons (Fsp3) is 0.381. The number of hydrogen-bond acceptors (Lipinski definition) is 4. The van der Waals surface area contributed by atoms with Gasteiger partial charge < -0.3 is 15.4 Å². The molecule has 2 aromatic rings. The number of nitrogens with zero attached hydrogens (tertiary/aromatic N) is 1. The van der Waals surface area contributed by atoms with Crippen LogP contribution in [0.2, 0.25) is 0 Å². The van der Waals surface area contributed by atoms with Gasteiger partial charge in [-0.3, -0.25) is 4.99 Å². The van der Waals surface area contributed by atoms with E-state index in [4.69, 9.17) is 4.74 Å². The normalized spacial score (nSPS) is 11.5. The van der Waals surface area contributed by atoms with E-state index in [1.54, 1.807) is 14.2 Å². The molecule has 0 atom stereocenters. The Labute approximate surface area is 196 Å². The van der Waals surface area contributed by atoms with Crippen LogP contribution >= 0.6 is 24.0 Å². The molecule has 166 valence electrons. The highest BCUT2D eigenvalue weighted by molar-refractivity contribution is 14.0. The Bertz CT molecular complexity index is 906. The van der Waals surface area contributed by atoms with Crippen molar-refractivity contribution >= 4 is 40.0 Å².